The Labute approximate surface area is 281 Å². The van der Waals surface area contributed by atoms with Gasteiger partial charge in [0, 0.05) is 30.4 Å². The highest BCUT2D eigenvalue weighted by atomic mass is 32.1. The molecule has 1 heterocycles. The molecule has 0 unspecified atom stereocenters. The first-order valence-corrected chi connectivity index (χ1v) is 16.9. The maximum absolute atomic E-state index is 12.8. The number of amides is 2. The van der Waals surface area contributed by atoms with E-state index in [0.29, 0.717) is 45.8 Å². The lowest BCUT2D eigenvalue weighted by molar-refractivity contribution is -0.135. The number of fused-ring (bicyclic) bond motifs is 1. The molecular formula is C36H47N5O5S. The number of aliphatic hydroxyl groups excluding tert-OH is 1. The molecule has 0 aliphatic heterocycles. The number of aryl methyl sites for hydroxylation is 1. The molecule has 4 rings (SSSR count). The topological polar surface area (TPSA) is 148 Å². The number of aromatic nitrogens is 1. The fourth-order valence-electron chi connectivity index (χ4n) is 5.00. The van der Waals surface area contributed by atoms with E-state index < -0.39 is 24.1 Å². The Hall–Kier alpha value is -3.87. The summed E-state index contributed by atoms with van der Waals surface area (Å²) in [5, 5.41) is 20.3. The van der Waals surface area contributed by atoms with E-state index in [4.69, 9.17) is 20.2 Å². The summed E-state index contributed by atoms with van der Waals surface area (Å²) in [4.78, 5) is 30.3. The molecule has 3 atom stereocenters. The molecule has 0 saturated heterocycles. The normalized spacial score (nSPS) is 13.3. The van der Waals surface area contributed by atoms with Crippen LogP contribution in [0, 0.1) is 12.8 Å². The van der Waals surface area contributed by atoms with Gasteiger partial charge in [-0.1, -0.05) is 50.2 Å². The van der Waals surface area contributed by atoms with Gasteiger partial charge >= 0.3 is 0 Å². The van der Waals surface area contributed by atoms with E-state index in [9.17, 15) is 14.7 Å². The summed E-state index contributed by atoms with van der Waals surface area (Å²) >= 11 is 1.70. The highest BCUT2D eigenvalue weighted by Gasteiger charge is 2.28. The number of ether oxygens (including phenoxy) is 2. The van der Waals surface area contributed by atoms with Crippen LogP contribution in [0.4, 0.5) is 5.69 Å². The van der Waals surface area contributed by atoms with Crippen molar-refractivity contribution < 1.29 is 24.2 Å². The number of aliphatic hydroxyl groups is 1. The first kappa shape index (κ1) is 36.0. The standard InChI is InChI=1S/C36H47N5O5S/c1-24(2)21-31(40-35(44)33(42)29(37)23-26-7-5-4-6-8-26)34(43)39-16-18-46-20-19-45-17-15-38-28-12-10-27(11-13-28)36-41-30-14-9-25(3)22-32(30)47-36/h4-14,22,24,29,31,33,38,42H,15-21,23,37H2,1-3H3,(H,39,43)(H,40,44)/t29-,31-,33-/m0/s1. The number of hydrogen-bond donors (Lipinski definition) is 5. The van der Waals surface area contributed by atoms with Gasteiger partial charge in [-0.3, -0.25) is 9.59 Å². The van der Waals surface area contributed by atoms with Gasteiger partial charge in [0.2, 0.25) is 5.91 Å². The van der Waals surface area contributed by atoms with Crippen LogP contribution in [0.5, 0.6) is 0 Å². The van der Waals surface area contributed by atoms with Crippen LogP contribution in [-0.4, -0.2) is 79.6 Å². The first-order chi connectivity index (χ1) is 22.7. The number of nitrogens with one attached hydrogen (secondary N) is 3. The largest absolute Gasteiger partial charge is 0.383 e. The maximum atomic E-state index is 12.8. The number of carbonyl (C=O) groups is 2. The van der Waals surface area contributed by atoms with Gasteiger partial charge in [-0.05, 0) is 73.2 Å². The molecule has 3 aromatic carbocycles. The lowest BCUT2D eigenvalue weighted by Crippen LogP contribution is -2.54. The molecular weight excluding hydrogens is 614 g/mol. The number of nitrogens with zero attached hydrogens (tertiary/aromatic N) is 1. The molecule has 10 nitrogen and oxygen atoms in total. The summed E-state index contributed by atoms with van der Waals surface area (Å²) in [5.74, 6) is -0.837. The Kier molecular flexibility index (Phi) is 14.1. The van der Waals surface area contributed by atoms with Crippen molar-refractivity contribution in [3.63, 3.8) is 0 Å². The quantitative estimate of drug-likeness (QED) is 0.0936. The summed E-state index contributed by atoms with van der Waals surface area (Å²) in [5.41, 5.74) is 11.4. The van der Waals surface area contributed by atoms with Gasteiger partial charge < -0.3 is 36.3 Å². The van der Waals surface area contributed by atoms with E-state index in [1.54, 1.807) is 11.3 Å². The van der Waals surface area contributed by atoms with Gasteiger partial charge in [0.25, 0.3) is 5.91 Å². The second-order valence-corrected chi connectivity index (χ2v) is 13.0. The van der Waals surface area contributed by atoms with Gasteiger partial charge in [-0.15, -0.1) is 11.3 Å². The van der Waals surface area contributed by atoms with Crippen LogP contribution < -0.4 is 21.7 Å². The zero-order valence-corrected chi connectivity index (χ0v) is 28.2. The fraction of sp³-hybridized carbons (Fsp3) is 0.417. The monoisotopic (exact) mass is 661 g/mol. The van der Waals surface area contributed by atoms with Gasteiger partial charge in [0.05, 0.1) is 36.6 Å². The van der Waals surface area contributed by atoms with Crippen molar-refractivity contribution in [1.82, 2.24) is 15.6 Å². The number of thiazole rings is 1. The third kappa shape index (κ3) is 11.7. The zero-order chi connectivity index (χ0) is 33.6. The zero-order valence-electron chi connectivity index (χ0n) is 27.4. The van der Waals surface area contributed by atoms with E-state index in [-0.39, 0.29) is 18.4 Å². The van der Waals surface area contributed by atoms with Crippen molar-refractivity contribution >= 4 is 39.1 Å². The molecule has 0 bridgehead atoms. The molecule has 2 amide bonds. The molecule has 0 saturated carbocycles. The predicted molar refractivity (Wildman–Crippen MR) is 188 cm³/mol. The number of benzene rings is 3. The lowest BCUT2D eigenvalue weighted by atomic mass is 10.00. The van der Waals surface area contributed by atoms with Crippen molar-refractivity contribution in [3.8, 4) is 10.6 Å². The number of nitrogens with two attached hydrogens (primary N) is 1. The molecule has 252 valence electrons. The van der Waals surface area contributed by atoms with Crippen molar-refractivity contribution in [2.75, 3.05) is 44.8 Å². The Morgan fingerprint density at radius 2 is 1.62 bits per heavy atom. The third-order valence-electron chi connectivity index (χ3n) is 7.50. The molecule has 1 aromatic heterocycles. The lowest BCUT2D eigenvalue weighted by Gasteiger charge is -2.24. The van der Waals surface area contributed by atoms with E-state index >= 15 is 0 Å². The van der Waals surface area contributed by atoms with Crippen LogP contribution >= 0.6 is 11.3 Å². The molecule has 4 aromatic rings. The Morgan fingerprint density at radius 1 is 0.915 bits per heavy atom. The van der Waals surface area contributed by atoms with Crippen LogP contribution in [-0.2, 0) is 25.5 Å². The average Bonchev–Trinajstić information content (AvgIpc) is 3.48. The predicted octanol–water partition coefficient (Wildman–Crippen LogP) is 4.29. The van der Waals surface area contributed by atoms with Crippen LogP contribution in [0.2, 0.25) is 0 Å². The fourth-order valence-corrected chi connectivity index (χ4v) is 6.07. The molecule has 0 fully saturated rings. The summed E-state index contributed by atoms with van der Waals surface area (Å²) in [6.45, 7) is 8.61. The second kappa shape index (κ2) is 18.5. The van der Waals surface area contributed by atoms with Gasteiger partial charge in [0.1, 0.15) is 17.2 Å². The molecule has 0 radical (unpaired) electrons. The second-order valence-electron chi connectivity index (χ2n) is 12.0. The van der Waals surface area contributed by atoms with Gasteiger partial charge in [-0.25, -0.2) is 4.98 Å². The first-order valence-electron chi connectivity index (χ1n) is 16.1. The molecule has 6 N–H and O–H groups in total. The SMILES string of the molecule is Cc1ccc2nc(-c3ccc(NCCOCCOCCNC(=O)[C@H](CC(C)C)NC(=O)[C@@H](O)[C@@H](N)Cc4ccccc4)cc3)sc2c1. The Balaban J connectivity index is 1.07. The minimum atomic E-state index is -1.43. The average molecular weight is 662 g/mol. The Morgan fingerprint density at radius 3 is 2.32 bits per heavy atom. The number of anilines is 1. The molecule has 47 heavy (non-hydrogen) atoms. The highest BCUT2D eigenvalue weighted by Crippen LogP contribution is 2.31. The van der Waals surface area contributed by atoms with Gasteiger partial charge in [0.15, 0.2) is 0 Å². The van der Waals surface area contributed by atoms with Crippen molar-refractivity contribution in [2.24, 2.45) is 11.7 Å². The smallest absolute Gasteiger partial charge is 0.251 e. The highest BCUT2D eigenvalue weighted by molar-refractivity contribution is 7.21. The minimum Gasteiger partial charge on any atom is -0.383 e. The summed E-state index contributed by atoms with van der Waals surface area (Å²) in [6.07, 6.45) is -0.668. The van der Waals surface area contributed by atoms with Crippen LogP contribution in [0.3, 0.4) is 0 Å². The van der Waals surface area contributed by atoms with Crippen molar-refractivity contribution in [1.29, 1.82) is 0 Å². The molecule has 0 aliphatic rings. The van der Waals surface area contributed by atoms with E-state index in [1.165, 1.54) is 10.3 Å². The van der Waals surface area contributed by atoms with E-state index in [1.807, 2.05) is 56.3 Å². The van der Waals surface area contributed by atoms with Crippen LogP contribution in [0.25, 0.3) is 20.8 Å². The van der Waals surface area contributed by atoms with Crippen molar-refractivity contribution in [3.05, 3.63) is 83.9 Å². The molecule has 11 heteroatoms. The van der Waals surface area contributed by atoms with E-state index in [0.717, 1.165) is 27.3 Å². The van der Waals surface area contributed by atoms with E-state index in [2.05, 4.69) is 53.2 Å². The number of hydrogen-bond acceptors (Lipinski definition) is 9. The maximum Gasteiger partial charge on any atom is 0.251 e. The number of carbonyl (C=O) groups excluding carboxylic acids is 2. The van der Waals surface area contributed by atoms with Crippen molar-refractivity contribution in [2.45, 2.75) is 51.8 Å². The number of rotatable bonds is 19. The van der Waals surface area contributed by atoms with Crippen LogP contribution in [0.15, 0.2) is 72.8 Å². The summed E-state index contributed by atoms with van der Waals surface area (Å²) in [7, 11) is 0. The minimum absolute atomic E-state index is 0.150. The summed E-state index contributed by atoms with van der Waals surface area (Å²) in [6, 6.07) is 22.4. The molecule has 0 aliphatic carbocycles. The Bertz CT molecular complexity index is 1550. The summed E-state index contributed by atoms with van der Waals surface area (Å²) < 4.78 is 12.4. The van der Waals surface area contributed by atoms with Crippen LogP contribution in [0.1, 0.15) is 31.4 Å². The van der Waals surface area contributed by atoms with Gasteiger partial charge in [-0.2, -0.15) is 0 Å². The third-order valence-corrected chi connectivity index (χ3v) is 8.56. The molecule has 0 spiro atoms.